The number of hydrogen-bond donors (Lipinski definition) is 1. The fourth-order valence-corrected chi connectivity index (χ4v) is 7.90. The summed E-state index contributed by atoms with van der Waals surface area (Å²) < 4.78 is 0. The zero-order chi connectivity index (χ0) is 29.8. The number of carbonyl (C=O) groups excluding carboxylic acids is 3. The maximum atomic E-state index is 14.4. The highest BCUT2D eigenvalue weighted by atomic mass is 16.2. The van der Waals surface area contributed by atoms with E-state index in [1.165, 1.54) is 4.90 Å². The Balaban J connectivity index is 1.20. The molecule has 2 bridgehead atoms. The Hall–Kier alpha value is -5.36. The summed E-state index contributed by atoms with van der Waals surface area (Å²) in [5.41, 5.74) is 7.54. The standard InChI is InChI=1S/C38H29N3O3/c42-32(21-26-15-10-14-25-13-4-5-16-27(25)26)40-39-23-38-30-19-8-6-17-28(30)33(29-18-7-9-20-31(29)38)34-35(38)37(44)41(36(34)43)22-24-11-2-1-3-12-24/h1-20,23,33-35H,21-22H2,(H,40,42)/b39-23-/t33?,34-,35+,38?/m1/s1. The van der Waals surface area contributed by atoms with Crippen LogP contribution in [0.15, 0.2) is 126 Å². The van der Waals surface area contributed by atoms with Crippen molar-refractivity contribution >= 4 is 34.7 Å². The number of rotatable bonds is 6. The van der Waals surface area contributed by atoms with Gasteiger partial charge in [0.1, 0.15) is 0 Å². The van der Waals surface area contributed by atoms with Crippen molar-refractivity contribution in [2.75, 3.05) is 0 Å². The van der Waals surface area contributed by atoms with Crippen LogP contribution in [-0.4, -0.2) is 28.8 Å². The van der Waals surface area contributed by atoms with Crippen molar-refractivity contribution in [3.05, 3.63) is 155 Å². The zero-order valence-electron chi connectivity index (χ0n) is 23.9. The van der Waals surface area contributed by atoms with Crippen molar-refractivity contribution in [1.82, 2.24) is 10.3 Å². The van der Waals surface area contributed by atoms with Crippen molar-refractivity contribution in [2.45, 2.75) is 24.3 Å². The fourth-order valence-electron chi connectivity index (χ4n) is 7.90. The van der Waals surface area contributed by atoms with Crippen LogP contribution >= 0.6 is 0 Å². The number of imide groups is 1. The summed E-state index contributed by atoms with van der Waals surface area (Å²) in [6.45, 7) is 0.222. The van der Waals surface area contributed by atoms with Crippen LogP contribution < -0.4 is 5.43 Å². The van der Waals surface area contributed by atoms with Gasteiger partial charge in [-0.05, 0) is 44.2 Å². The summed E-state index contributed by atoms with van der Waals surface area (Å²) in [7, 11) is 0. The number of hydrogen-bond acceptors (Lipinski definition) is 4. The molecule has 1 N–H and O–H groups in total. The van der Waals surface area contributed by atoms with Crippen LogP contribution in [0.5, 0.6) is 0 Å². The molecule has 5 aromatic carbocycles. The lowest BCUT2D eigenvalue weighted by molar-refractivity contribution is -0.140. The molecule has 0 radical (unpaired) electrons. The highest BCUT2D eigenvalue weighted by Crippen LogP contribution is 2.63. The highest BCUT2D eigenvalue weighted by Gasteiger charge is 2.67. The molecule has 0 unspecified atom stereocenters. The van der Waals surface area contributed by atoms with Crippen molar-refractivity contribution in [1.29, 1.82) is 0 Å². The Morgan fingerprint density at radius 3 is 2.14 bits per heavy atom. The van der Waals surface area contributed by atoms with Crippen LogP contribution in [0.2, 0.25) is 0 Å². The van der Waals surface area contributed by atoms with Gasteiger partial charge in [-0.25, -0.2) is 5.43 Å². The number of fused-ring (bicyclic) bond motifs is 1. The number of likely N-dealkylation sites (tertiary alicyclic amines) is 1. The number of nitrogens with one attached hydrogen (secondary N) is 1. The van der Waals surface area contributed by atoms with Crippen molar-refractivity contribution in [3.8, 4) is 0 Å². The Labute approximate surface area is 255 Å². The summed E-state index contributed by atoms with van der Waals surface area (Å²) in [5.74, 6) is -2.08. The van der Waals surface area contributed by atoms with E-state index in [-0.39, 0.29) is 36.6 Å². The smallest absolute Gasteiger partial charge is 0.244 e. The summed E-state index contributed by atoms with van der Waals surface area (Å²) in [4.78, 5) is 43.2. The molecular formula is C38H29N3O3. The SMILES string of the molecule is O=C(Cc1cccc2ccccc12)N/N=C\C12c3ccccc3C(c3ccccc31)[C@H]1C(=O)N(Cc3ccccc3)C(=O)[C@H]12. The third-order valence-corrected chi connectivity index (χ3v) is 9.65. The minimum absolute atomic E-state index is 0.157. The van der Waals surface area contributed by atoms with Gasteiger partial charge in [-0.15, -0.1) is 0 Å². The van der Waals surface area contributed by atoms with Gasteiger partial charge in [0.15, 0.2) is 0 Å². The number of amides is 3. The van der Waals surface area contributed by atoms with E-state index in [2.05, 4.69) is 22.7 Å². The van der Waals surface area contributed by atoms with Gasteiger partial charge >= 0.3 is 0 Å². The lowest BCUT2D eigenvalue weighted by Gasteiger charge is -2.52. The monoisotopic (exact) mass is 575 g/mol. The van der Waals surface area contributed by atoms with E-state index in [1.807, 2.05) is 109 Å². The first-order chi connectivity index (χ1) is 21.6. The van der Waals surface area contributed by atoms with Crippen molar-refractivity contribution in [2.24, 2.45) is 16.9 Å². The van der Waals surface area contributed by atoms with E-state index in [0.29, 0.717) is 0 Å². The van der Waals surface area contributed by atoms with Gasteiger partial charge in [0.05, 0.1) is 30.2 Å². The predicted molar refractivity (Wildman–Crippen MR) is 169 cm³/mol. The predicted octanol–water partition coefficient (Wildman–Crippen LogP) is 5.73. The third-order valence-electron chi connectivity index (χ3n) is 9.65. The third kappa shape index (κ3) is 3.80. The largest absolute Gasteiger partial charge is 0.278 e. The van der Waals surface area contributed by atoms with E-state index in [9.17, 15) is 14.4 Å². The molecule has 4 aliphatic rings. The van der Waals surface area contributed by atoms with Crippen LogP contribution in [0.3, 0.4) is 0 Å². The summed E-state index contributed by atoms with van der Waals surface area (Å²) in [6.07, 6.45) is 1.88. The Morgan fingerprint density at radius 2 is 1.39 bits per heavy atom. The molecule has 9 rings (SSSR count). The first kappa shape index (κ1) is 26.3. The first-order valence-corrected chi connectivity index (χ1v) is 15.0. The number of carbonyl (C=O) groups is 3. The van der Waals surface area contributed by atoms with Gasteiger partial charge in [-0.3, -0.25) is 19.3 Å². The maximum Gasteiger partial charge on any atom is 0.244 e. The molecule has 1 heterocycles. The Morgan fingerprint density at radius 1 is 0.750 bits per heavy atom. The van der Waals surface area contributed by atoms with Gasteiger partial charge in [-0.1, -0.05) is 121 Å². The topological polar surface area (TPSA) is 78.8 Å². The molecule has 0 aromatic heterocycles. The Bertz CT molecular complexity index is 1950. The fraction of sp³-hybridized carbons (Fsp3) is 0.158. The minimum Gasteiger partial charge on any atom is -0.278 e. The molecule has 3 amide bonds. The average molecular weight is 576 g/mol. The molecule has 6 heteroatoms. The van der Waals surface area contributed by atoms with Crippen LogP contribution in [-0.2, 0) is 32.8 Å². The van der Waals surface area contributed by atoms with Crippen molar-refractivity contribution < 1.29 is 14.4 Å². The van der Waals surface area contributed by atoms with Gasteiger partial charge in [0, 0.05) is 12.1 Å². The van der Waals surface area contributed by atoms with Crippen molar-refractivity contribution in [3.63, 3.8) is 0 Å². The van der Waals surface area contributed by atoms with E-state index >= 15 is 0 Å². The van der Waals surface area contributed by atoms with Gasteiger partial charge < -0.3 is 0 Å². The average Bonchev–Trinajstić information content (AvgIpc) is 3.31. The molecule has 2 atom stereocenters. The van der Waals surface area contributed by atoms with Gasteiger partial charge in [-0.2, -0.15) is 5.10 Å². The molecule has 1 saturated heterocycles. The first-order valence-electron chi connectivity index (χ1n) is 15.0. The molecule has 1 aliphatic heterocycles. The molecule has 5 aromatic rings. The molecule has 44 heavy (non-hydrogen) atoms. The number of nitrogens with zero attached hydrogens (tertiary/aromatic N) is 2. The summed E-state index contributed by atoms with van der Waals surface area (Å²) in [6, 6.07) is 39.6. The molecule has 3 aliphatic carbocycles. The lowest BCUT2D eigenvalue weighted by atomic mass is 9.47. The van der Waals surface area contributed by atoms with Crippen LogP contribution in [0.25, 0.3) is 10.8 Å². The molecule has 6 nitrogen and oxygen atoms in total. The molecular weight excluding hydrogens is 546 g/mol. The van der Waals surface area contributed by atoms with Crippen LogP contribution in [0.1, 0.15) is 39.3 Å². The number of hydrazone groups is 1. The number of benzene rings is 5. The zero-order valence-corrected chi connectivity index (χ0v) is 23.9. The summed E-state index contributed by atoms with van der Waals surface area (Å²) >= 11 is 0. The molecule has 0 spiro atoms. The maximum absolute atomic E-state index is 14.4. The Kier molecular flexibility index (Phi) is 6.05. The second-order valence-electron chi connectivity index (χ2n) is 11.9. The van der Waals surface area contributed by atoms with Gasteiger partial charge in [0.2, 0.25) is 17.7 Å². The van der Waals surface area contributed by atoms with E-state index < -0.39 is 17.3 Å². The van der Waals surface area contributed by atoms with E-state index in [1.54, 1.807) is 6.21 Å². The van der Waals surface area contributed by atoms with Crippen LogP contribution in [0, 0.1) is 11.8 Å². The van der Waals surface area contributed by atoms with E-state index in [0.717, 1.165) is 44.2 Å². The summed E-state index contributed by atoms with van der Waals surface area (Å²) in [5, 5.41) is 6.66. The quantitative estimate of drug-likeness (QED) is 0.160. The second-order valence-corrected chi connectivity index (χ2v) is 11.9. The van der Waals surface area contributed by atoms with Gasteiger partial charge in [0.25, 0.3) is 0 Å². The normalized spacial score (nSPS) is 23.1. The second kappa shape index (κ2) is 10.1. The van der Waals surface area contributed by atoms with E-state index in [4.69, 9.17) is 0 Å². The molecule has 0 saturated carbocycles. The highest BCUT2D eigenvalue weighted by molar-refractivity contribution is 6.11. The van der Waals surface area contributed by atoms with Crippen LogP contribution in [0.4, 0.5) is 0 Å². The molecule has 1 fully saturated rings. The molecule has 214 valence electrons. The lowest BCUT2D eigenvalue weighted by Crippen LogP contribution is -2.54. The minimum atomic E-state index is -1.02.